The van der Waals surface area contributed by atoms with Crippen LogP contribution in [0.15, 0.2) is 0 Å². The number of hydrogen-bond donors (Lipinski definition) is 0. The Bertz CT molecular complexity index is 76.2. The molecule has 0 aliphatic heterocycles. The van der Waals surface area contributed by atoms with Crippen molar-refractivity contribution in [3.63, 3.8) is 0 Å². The van der Waals surface area contributed by atoms with Gasteiger partial charge in [-0.15, -0.1) is 0 Å². The molecule has 0 fully saturated rings. The van der Waals surface area contributed by atoms with E-state index in [1.165, 1.54) is 38.9 Å². The Hall–Kier alpha value is -0.370. The highest BCUT2D eigenvalue weighted by atomic mass is 16.1. The van der Waals surface area contributed by atoms with Gasteiger partial charge in [-0.05, 0) is 32.5 Å². The fourth-order valence-corrected chi connectivity index (χ4v) is 1.13. The van der Waals surface area contributed by atoms with Gasteiger partial charge in [0.15, 0.2) is 0 Å². The molecule has 12 heavy (non-hydrogen) atoms. The molecule has 0 heterocycles. The number of hydrogen-bond acceptors (Lipinski definition) is 2. The summed E-state index contributed by atoms with van der Waals surface area (Å²) in [5.74, 6) is 0. The molecule has 2 heteroatoms. The molecule has 0 saturated carbocycles. The summed E-state index contributed by atoms with van der Waals surface area (Å²) in [5.41, 5.74) is 0. The van der Waals surface area contributed by atoms with E-state index in [-0.39, 0.29) is 0 Å². The fraction of sp³-hybridized carbons (Fsp3) is 0.900. The summed E-state index contributed by atoms with van der Waals surface area (Å²) in [4.78, 5) is 10.5. The minimum Gasteiger partial charge on any atom is -0.307 e. The highest BCUT2D eigenvalue weighted by Crippen LogP contribution is 1.95. The van der Waals surface area contributed by atoms with Gasteiger partial charge in [0, 0.05) is 0 Å². The second-order valence-electron chi connectivity index (χ2n) is 2.79. The van der Waals surface area contributed by atoms with Gasteiger partial charge in [0.1, 0.15) is 6.79 Å². The topological polar surface area (TPSA) is 20.3 Å². The number of carbonyl (C=O) groups excluding carboxylic acids is 1. The van der Waals surface area contributed by atoms with Crippen LogP contribution in [0.4, 0.5) is 0 Å². The third-order valence-electron chi connectivity index (χ3n) is 1.81. The van der Waals surface area contributed by atoms with Crippen LogP contribution in [0.2, 0.25) is 0 Å². The number of carbonyl (C=O) groups is 1. The molecule has 0 aromatic carbocycles. The summed E-state index contributed by atoms with van der Waals surface area (Å²) in [6.07, 6.45) is 3.96. The van der Waals surface area contributed by atoms with Gasteiger partial charge in [0.25, 0.3) is 0 Å². The van der Waals surface area contributed by atoms with E-state index in [0.29, 0.717) is 0 Å². The van der Waals surface area contributed by atoms with Gasteiger partial charge >= 0.3 is 0 Å². The average Bonchev–Trinajstić information content (AvgIpc) is 2.15. The van der Waals surface area contributed by atoms with Crippen molar-refractivity contribution in [2.75, 3.05) is 19.6 Å². The lowest BCUT2D eigenvalue weighted by Gasteiger charge is -2.18. The molecular weight excluding hydrogens is 150 g/mol. The van der Waals surface area contributed by atoms with Crippen LogP contribution in [0.5, 0.6) is 0 Å². The minimum atomic E-state index is 1.22. The van der Waals surface area contributed by atoms with Gasteiger partial charge in [0.2, 0.25) is 0 Å². The van der Waals surface area contributed by atoms with E-state index in [4.69, 9.17) is 4.79 Å². The van der Waals surface area contributed by atoms with E-state index < -0.39 is 0 Å². The molecule has 0 radical (unpaired) electrons. The molecule has 0 atom stereocenters. The normalized spacial score (nSPS) is 9.33. The highest BCUT2D eigenvalue weighted by Gasteiger charge is 1.97. The van der Waals surface area contributed by atoms with E-state index in [0.717, 1.165) is 0 Å². The third kappa shape index (κ3) is 9.63. The Balaban J connectivity index is 0. The summed E-state index contributed by atoms with van der Waals surface area (Å²) in [5, 5.41) is 0. The third-order valence-corrected chi connectivity index (χ3v) is 1.81. The Morgan fingerprint density at radius 1 is 1.00 bits per heavy atom. The molecule has 0 aromatic rings. The van der Waals surface area contributed by atoms with Crippen molar-refractivity contribution < 1.29 is 4.79 Å². The molecule has 0 bridgehead atoms. The monoisotopic (exact) mass is 173 g/mol. The van der Waals surface area contributed by atoms with E-state index in [1.54, 1.807) is 0 Å². The predicted octanol–water partition coefficient (Wildman–Crippen LogP) is 2.33. The summed E-state index contributed by atoms with van der Waals surface area (Å²) < 4.78 is 0. The Morgan fingerprint density at radius 2 is 1.58 bits per heavy atom. The lowest BCUT2D eigenvalue weighted by molar-refractivity contribution is -0.0979. The van der Waals surface area contributed by atoms with Crippen molar-refractivity contribution in [2.45, 2.75) is 40.0 Å². The highest BCUT2D eigenvalue weighted by molar-refractivity contribution is 5.10. The molecule has 0 unspecified atom stereocenters. The summed E-state index contributed by atoms with van der Waals surface area (Å²) in [6.45, 7) is 12.5. The van der Waals surface area contributed by atoms with Crippen molar-refractivity contribution in [2.24, 2.45) is 0 Å². The largest absolute Gasteiger partial charge is 0.307 e. The van der Waals surface area contributed by atoms with Gasteiger partial charge in [-0.3, -0.25) is 0 Å². The first-order valence-corrected chi connectivity index (χ1v) is 4.86. The average molecular weight is 173 g/mol. The van der Waals surface area contributed by atoms with Gasteiger partial charge in [-0.2, -0.15) is 0 Å². The van der Waals surface area contributed by atoms with E-state index in [9.17, 15) is 0 Å². The van der Waals surface area contributed by atoms with Crippen LogP contribution in [0.1, 0.15) is 40.0 Å². The van der Waals surface area contributed by atoms with E-state index in [1.807, 2.05) is 6.79 Å². The van der Waals surface area contributed by atoms with Gasteiger partial charge in [-0.1, -0.05) is 27.2 Å². The Labute approximate surface area is 77.0 Å². The number of nitrogens with zero attached hydrogens (tertiary/aromatic N) is 1. The second kappa shape index (κ2) is 13.2. The Morgan fingerprint density at radius 3 is 1.92 bits per heavy atom. The summed E-state index contributed by atoms with van der Waals surface area (Å²) in [6, 6.07) is 0. The van der Waals surface area contributed by atoms with Crippen LogP contribution < -0.4 is 0 Å². The van der Waals surface area contributed by atoms with Crippen molar-refractivity contribution in [1.29, 1.82) is 0 Å². The lowest BCUT2D eigenvalue weighted by Crippen LogP contribution is -2.25. The van der Waals surface area contributed by atoms with Crippen LogP contribution in [-0.2, 0) is 4.79 Å². The SMILES string of the molecule is C=O.CCCCN(CC)CCC. The smallest absolute Gasteiger partial charge is 0.106 e. The molecule has 2 nitrogen and oxygen atoms in total. The quantitative estimate of drug-likeness (QED) is 0.614. The zero-order valence-electron chi connectivity index (χ0n) is 8.81. The molecule has 0 aliphatic carbocycles. The van der Waals surface area contributed by atoms with Crippen molar-refractivity contribution >= 4 is 6.79 Å². The minimum absolute atomic E-state index is 1.22. The first-order valence-electron chi connectivity index (χ1n) is 4.86. The summed E-state index contributed by atoms with van der Waals surface area (Å²) in [7, 11) is 0. The predicted molar refractivity (Wildman–Crippen MR) is 54.4 cm³/mol. The molecule has 0 rings (SSSR count). The standard InChI is InChI=1S/C9H21N.CH2O/c1-4-7-9-10(6-3)8-5-2;1-2/h4-9H2,1-3H3;1H2. The number of rotatable bonds is 6. The van der Waals surface area contributed by atoms with Crippen LogP contribution in [0.3, 0.4) is 0 Å². The van der Waals surface area contributed by atoms with Crippen molar-refractivity contribution in [3.8, 4) is 0 Å². The molecule has 0 spiro atoms. The summed E-state index contributed by atoms with van der Waals surface area (Å²) >= 11 is 0. The Kier molecular flexibility index (Phi) is 15.6. The zero-order chi connectivity index (χ0) is 9.82. The number of unbranched alkanes of at least 4 members (excludes halogenated alkanes) is 1. The molecule has 0 aromatic heterocycles. The molecule has 74 valence electrons. The maximum absolute atomic E-state index is 8.00. The molecule has 0 aliphatic rings. The van der Waals surface area contributed by atoms with Gasteiger partial charge in [0.05, 0.1) is 0 Å². The van der Waals surface area contributed by atoms with Crippen molar-refractivity contribution in [3.05, 3.63) is 0 Å². The zero-order valence-corrected chi connectivity index (χ0v) is 8.81. The van der Waals surface area contributed by atoms with E-state index >= 15 is 0 Å². The van der Waals surface area contributed by atoms with Crippen LogP contribution in [0, 0.1) is 0 Å². The first-order chi connectivity index (χ1) is 5.85. The van der Waals surface area contributed by atoms with Crippen LogP contribution >= 0.6 is 0 Å². The molecular formula is C10H23NO. The van der Waals surface area contributed by atoms with Crippen LogP contribution in [0.25, 0.3) is 0 Å². The van der Waals surface area contributed by atoms with E-state index in [2.05, 4.69) is 25.7 Å². The fourth-order valence-electron chi connectivity index (χ4n) is 1.13. The molecule has 0 saturated heterocycles. The maximum atomic E-state index is 8.00. The first kappa shape index (κ1) is 14.2. The maximum Gasteiger partial charge on any atom is 0.106 e. The van der Waals surface area contributed by atoms with Gasteiger partial charge in [-0.25, -0.2) is 0 Å². The second-order valence-corrected chi connectivity index (χ2v) is 2.79. The van der Waals surface area contributed by atoms with Gasteiger partial charge < -0.3 is 9.69 Å². The molecule has 0 amide bonds. The lowest BCUT2D eigenvalue weighted by atomic mass is 10.3. The van der Waals surface area contributed by atoms with Crippen LogP contribution in [-0.4, -0.2) is 31.3 Å². The molecule has 0 N–H and O–H groups in total. The van der Waals surface area contributed by atoms with Crippen molar-refractivity contribution in [1.82, 2.24) is 4.90 Å².